The highest BCUT2D eigenvalue weighted by molar-refractivity contribution is 7.89. The molecule has 0 spiro atoms. The van der Waals surface area contributed by atoms with Crippen molar-refractivity contribution in [2.75, 3.05) is 26.0 Å². The molecule has 1 N–H and O–H groups in total. The Morgan fingerprint density at radius 3 is 2.59 bits per heavy atom. The van der Waals surface area contributed by atoms with Crippen LogP contribution in [0.5, 0.6) is 5.75 Å². The number of ether oxygens (including phenoxy) is 1. The lowest BCUT2D eigenvalue weighted by Gasteiger charge is -2.17. The van der Waals surface area contributed by atoms with Gasteiger partial charge >= 0.3 is 0 Å². The maximum Gasteiger partial charge on any atom is 0.278 e. The highest BCUT2D eigenvalue weighted by Crippen LogP contribution is 2.34. The molecule has 0 bridgehead atoms. The summed E-state index contributed by atoms with van der Waals surface area (Å²) in [6.45, 7) is 2.10. The lowest BCUT2D eigenvalue weighted by Crippen LogP contribution is -2.23. The molecule has 10 heteroatoms. The first-order valence-electron chi connectivity index (χ1n) is 8.73. The van der Waals surface area contributed by atoms with Crippen molar-refractivity contribution in [1.82, 2.24) is 9.29 Å². The second-order valence-corrected chi connectivity index (χ2v) is 8.44. The van der Waals surface area contributed by atoms with Crippen LogP contribution in [0.4, 0.5) is 17.1 Å². The number of anilines is 2. The van der Waals surface area contributed by atoms with Crippen LogP contribution in [-0.4, -0.2) is 43.3 Å². The Bertz CT molecular complexity index is 1180. The van der Waals surface area contributed by atoms with E-state index < -0.39 is 14.9 Å². The quantitative estimate of drug-likeness (QED) is 0.463. The lowest BCUT2D eigenvalue weighted by molar-refractivity contribution is -0.383. The van der Waals surface area contributed by atoms with Crippen LogP contribution in [0.2, 0.25) is 0 Å². The first kappa shape index (κ1) is 20.5. The van der Waals surface area contributed by atoms with E-state index in [1.165, 1.54) is 38.6 Å². The van der Waals surface area contributed by atoms with Gasteiger partial charge in [0.15, 0.2) is 0 Å². The van der Waals surface area contributed by atoms with Gasteiger partial charge in [-0.1, -0.05) is 0 Å². The van der Waals surface area contributed by atoms with Crippen molar-refractivity contribution in [2.24, 2.45) is 0 Å². The first-order valence-corrected chi connectivity index (χ1v) is 10.2. The topological polar surface area (TPSA) is 115 Å². The van der Waals surface area contributed by atoms with E-state index in [9.17, 15) is 18.5 Å². The van der Waals surface area contributed by atoms with E-state index in [2.05, 4.69) is 10.3 Å². The molecular weight excluding hydrogens is 396 g/mol. The van der Waals surface area contributed by atoms with Crippen LogP contribution >= 0.6 is 0 Å². The summed E-state index contributed by atoms with van der Waals surface area (Å²) in [6, 6.07) is 9.38. The fraction of sp³-hybridized carbons (Fsp3) is 0.211. The van der Waals surface area contributed by atoms with E-state index in [0.717, 1.165) is 4.31 Å². The van der Waals surface area contributed by atoms with Gasteiger partial charge in [0.2, 0.25) is 10.0 Å². The van der Waals surface area contributed by atoms with Crippen LogP contribution in [0, 0.1) is 10.1 Å². The van der Waals surface area contributed by atoms with Gasteiger partial charge in [0.05, 0.1) is 16.9 Å². The Kier molecular flexibility index (Phi) is 5.66. The number of fused-ring (bicyclic) bond motifs is 1. The molecule has 0 aliphatic heterocycles. The van der Waals surface area contributed by atoms with Gasteiger partial charge in [-0.2, -0.15) is 0 Å². The molecule has 2 aromatic carbocycles. The van der Waals surface area contributed by atoms with E-state index in [1.807, 2.05) is 0 Å². The normalized spacial score (nSPS) is 11.6. The molecule has 29 heavy (non-hydrogen) atoms. The number of benzene rings is 2. The van der Waals surface area contributed by atoms with Crippen molar-refractivity contribution in [3.8, 4) is 5.75 Å². The van der Waals surface area contributed by atoms with Gasteiger partial charge in [-0.15, -0.1) is 0 Å². The van der Waals surface area contributed by atoms with Gasteiger partial charge in [0.1, 0.15) is 10.6 Å². The summed E-state index contributed by atoms with van der Waals surface area (Å²) < 4.78 is 32.0. The molecule has 0 saturated carbocycles. The maximum atomic E-state index is 12.7. The molecular formula is C19H20N4O5S. The van der Waals surface area contributed by atoms with E-state index in [1.54, 1.807) is 31.2 Å². The average molecular weight is 416 g/mol. The van der Waals surface area contributed by atoms with Gasteiger partial charge in [0.25, 0.3) is 5.69 Å². The number of nitrogens with zero attached hydrogens (tertiary/aromatic N) is 3. The highest BCUT2D eigenvalue weighted by Gasteiger charge is 2.23. The first-order chi connectivity index (χ1) is 13.8. The molecule has 3 rings (SSSR count). The van der Waals surface area contributed by atoms with Crippen LogP contribution in [0.25, 0.3) is 10.8 Å². The van der Waals surface area contributed by atoms with E-state index in [0.29, 0.717) is 28.8 Å². The van der Waals surface area contributed by atoms with E-state index in [-0.39, 0.29) is 16.3 Å². The minimum Gasteiger partial charge on any atom is -0.492 e. The van der Waals surface area contributed by atoms with Gasteiger partial charge < -0.3 is 10.1 Å². The Morgan fingerprint density at radius 2 is 1.93 bits per heavy atom. The number of nitrogens with one attached hydrogen (secondary N) is 1. The minimum absolute atomic E-state index is 0.0298. The third-order valence-corrected chi connectivity index (χ3v) is 6.11. The molecule has 0 unspecified atom stereocenters. The smallest absolute Gasteiger partial charge is 0.278 e. The molecule has 1 aromatic heterocycles. The lowest BCUT2D eigenvalue weighted by atomic mass is 10.1. The molecule has 152 valence electrons. The number of hydrogen-bond acceptors (Lipinski definition) is 7. The van der Waals surface area contributed by atoms with Crippen molar-refractivity contribution in [3.63, 3.8) is 0 Å². The molecule has 0 saturated heterocycles. The molecule has 0 radical (unpaired) electrons. The van der Waals surface area contributed by atoms with Crippen molar-refractivity contribution in [3.05, 3.63) is 58.9 Å². The van der Waals surface area contributed by atoms with E-state index in [4.69, 9.17) is 4.74 Å². The zero-order valence-corrected chi connectivity index (χ0v) is 16.9. The van der Waals surface area contributed by atoms with Gasteiger partial charge in [-0.05, 0) is 37.3 Å². The fourth-order valence-corrected chi connectivity index (χ4v) is 3.91. The van der Waals surface area contributed by atoms with Crippen LogP contribution in [-0.2, 0) is 10.0 Å². The summed E-state index contributed by atoms with van der Waals surface area (Å²) in [4.78, 5) is 14.8. The summed E-state index contributed by atoms with van der Waals surface area (Å²) in [5, 5.41) is 15.4. The number of nitro groups is 1. The van der Waals surface area contributed by atoms with Gasteiger partial charge in [-0.3, -0.25) is 15.1 Å². The molecule has 0 amide bonds. The number of hydrogen-bond donors (Lipinski definition) is 1. The van der Waals surface area contributed by atoms with E-state index >= 15 is 0 Å². The summed E-state index contributed by atoms with van der Waals surface area (Å²) >= 11 is 0. The Labute approximate surface area is 168 Å². The number of non-ortho nitro benzene ring substituents is 1. The second kappa shape index (κ2) is 8.02. The zero-order valence-electron chi connectivity index (χ0n) is 16.1. The van der Waals surface area contributed by atoms with Gasteiger partial charge in [-0.25, -0.2) is 12.7 Å². The number of sulfonamides is 1. The maximum absolute atomic E-state index is 12.7. The number of pyridine rings is 1. The molecule has 0 aliphatic carbocycles. The summed E-state index contributed by atoms with van der Waals surface area (Å²) in [5.74, 6) is 0.254. The third-order valence-electron chi connectivity index (χ3n) is 4.27. The SMILES string of the molecule is CCOc1ccc(Nc2ccc([N+](=O)[O-])c3cnccc23)cc1S(=O)(=O)N(C)C. The molecule has 0 aliphatic rings. The fourth-order valence-electron chi connectivity index (χ4n) is 2.86. The van der Waals surface area contributed by atoms with Crippen LogP contribution in [0.15, 0.2) is 53.7 Å². The van der Waals surface area contributed by atoms with Crippen LogP contribution in [0.3, 0.4) is 0 Å². The number of rotatable bonds is 7. The monoisotopic (exact) mass is 416 g/mol. The summed E-state index contributed by atoms with van der Waals surface area (Å²) in [7, 11) is -0.843. The molecule has 3 aromatic rings. The third kappa shape index (κ3) is 3.98. The Hall–Kier alpha value is -3.24. The van der Waals surface area contributed by atoms with Crippen molar-refractivity contribution < 1.29 is 18.1 Å². The standard InChI is InChI=1S/C19H20N4O5S/c1-4-28-18-8-5-13(11-19(18)29(26,27)22(2)3)21-16-6-7-17(23(24)25)15-12-20-10-9-14(15)16/h5-12,21H,4H2,1-3H3. The minimum atomic E-state index is -3.74. The summed E-state index contributed by atoms with van der Waals surface area (Å²) in [5.41, 5.74) is 1.03. The molecule has 0 fully saturated rings. The van der Waals surface area contributed by atoms with Crippen molar-refractivity contribution >= 4 is 37.9 Å². The predicted molar refractivity (Wildman–Crippen MR) is 110 cm³/mol. The highest BCUT2D eigenvalue weighted by atomic mass is 32.2. The Balaban J connectivity index is 2.10. The van der Waals surface area contributed by atoms with Gasteiger partial charge in [0, 0.05) is 49.3 Å². The van der Waals surface area contributed by atoms with Crippen LogP contribution < -0.4 is 10.1 Å². The second-order valence-electron chi connectivity index (χ2n) is 6.32. The number of nitro benzene ring substituents is 1. The Morgan fingerprint density at radius 1 is 1.17 bits per heavy atom. The molecule has 9 nitrogen and oxygen atoms in total. The number of aromatic nitrogens is 1. The van der Waals surface area contributed by atoms with Crippen LogP contribution in [0.1, 0.15) is 6.92 Å². The predicted octanol–water partition coefficient (Wildman–Crippen LogP) is 3.54. The largest absolute Gasteiger partial charge is 0.492 e. The average Bonchev–Trinajstić information content (AvgIpc) is 2.69. The summed E-state index contributed by atoms with van der Waals surface area (Å²) in [6.07, 6.45) is 2.97. The van der Waals surface area contributed by atoms with Crippen molar-refractivity contribution in [2.45, 2.75) is 11.8 Å². The zero-order chi connectivity index (χ0) is 21.2. The van der Waals surface area contributed by atoms with Crippen molar-refractivity contribution in [1.29, 1.82) is 0 Å². The molecule has 1 heterocycles. The molecule has 0 atom stereocenters.